The predicted octanol–water partition coefficient (Wildman–Crippen LogP) is 3.94. The van der Waals surface area contributed by atoms with Crippen LogP contribution < -0.4 is 5.32 Å². The molecule has 7 heteroatoms. The van der Waals surface area contributed by atoms with Gasteiger partial charge in [0.25, 0.3) is 0 Å². The molecule has 2 aromatic rings. The number of aryl methyl sites for hydroxylation is 2. The second-order valence-electron chi connectivity index (χ2n) is 5.07. The third kappa shape index (κ3) is 6.72. The lowest BCUT2D eigenvalue weighted by Crippen LogP contribution is -2.21. The predicted molar refractivity (Wildman–Crippen MR) is 105 cm³/mol. The number of amides is 1. The van der Waals surface area contributed by atoms with Crippen molar-refractivity contribution in [3.63, 3.8) is 0 Å². The van der Waals surface area contributed by atoms with E-state index >= 15 is 0 Å². The Bertz CT molecular complexity index is 740. The van der Waals surface area contributed by atoms with E-state index in [1.807, 2.05) is 31.4 Å². The molecule has 0 aliphatic heterocycles. The molecule has 0 saturated carbocycles. The number of thiocarbonyl (C=S) groups is 1. The van der Waals surface area contributed by atoms with Gasteiger partial charge in [0.15, 0.2) is 0 Å². The summed E-state index contributed by atoms with van der Waals surface area (Å²) < 4.78 is 5.63. The zero-order chi connectivity index (χ0) is 18.8. The van der Waals surface area contributed by atoms with E-state index < -0.39 is 5.97 Å². The van der Waals surface area contributed by atoms with Gasteiger partial charge in [-0.05, 0) is 43.0 Å². The molecule has 0 radical (unpaired) electrons. The molecule has 25 heavy (non-hydrogen) atoms. The molecule has 0 atom stereocenters. The summed E-state index contributed by atoms with van der Waals surface area (Å²) in [4.78, 5) is 21.3. The van der Waals surface area contributed by atoms with Crippen molar-refractivity contribution in [1.29, 1.82) is 0 Å². The number of carboxylic acid groups (broad SMARTS) is 1. The molecule has 1 aromatic heterocycles. The van der Waals surface area contributed by atoms with Gasteiger partial charge in [-0.25, -0.2) is 4.79 Å². The van der Waals surface area contributed by atoms with Crippen LogP contribution in [-0.4, -0.2) is 34.5 Å². The minimum absolute atomic E-state index is 0.0347. The fourth-order valence-corrected chi connectivity index (χ4v) is 2.50. The van der Waals surface area contributed by atoms with E-state index in [0.717, 1.165) is 29.1 Å². The first-order valence-electron chi connectivity index (χ1n) is 7.57. The van der Waals surface area contributed by atoms with E-state index in [4.69, 9.17) is 9.52 Å². The van der Waals surface area contributed by atoms with Crippen LogP contribution in [-0.2, 0) is 11.2 Å². The van der Waals surface area contributed by atoms with Crippen LogP contribution in [0.3, 0.4) is 0 Å². The molecule has 0 bridgehead atoms. The number of benzene rings is 1. The molecular weight excluding hydrogens is 358 g/mol. The summed E-state index contributed by atoms with van der Waals surface area (Å²) >= 11 is 5.85. The minimum Gasteiger partial charge on any atom is -0.478 e. The van der Waals surface area contributed by atoms with Crippen molar-refractivity contribution < 1.29 is 19.1 Å². The molecule has 5 nitrogen and oxygen atoms in total. The van der Waals surface area contributed by atoms with Gasteiger partial charge in [-0.1, -0.05) is 25.2 Å². The van der Waals surface area contributed by atoms with Gasteiger partial charge in [0.05, 0.1) is 16.8 Å². The average Bonchev–Trinajstić information content (AvgIpc) is 3.04. The number of hydrogen-bond donors (Lipinski definition) is 2. The van der Waals surface area contributed by atoms with E-state index in [1.54, 1.807) is 19.1 Å². The van der Waals surface area contributed by atoms with Crippen molar-refractivity contribution in [3.05, 3.63) is 47.2 Å². The maximum Gasteiger partial charge on any atom is 0.335 e. The average molecular weight is 380 g/mol. The fourth-order valence-electron chi connectivity index (χ4n) is 2.02. The highest BCUT2D eigenvalue weighted by molar-refractivity contribution is 7.99. The Labute approximate surface area is 156 Å². The SMILES string of the molecule is CCc1ccc(-c2ccc(C(=O)O)c(C)c2)o1.CSCC(=O)NC=S. The summed E-state index contributed by atoms with van der Waals surface area (Å²) in [5, 5.41) is 11.3. The van der Waals surface area contributed by atoms with Crippen LogP contribution in [0.25, 0.3) is 11.3 Å². The van der Waals surface area contributed by atoms with Crippen molar-refractivity contribution in [3.8, 4) is 11.3 Å². The Morgan fingerprint density at radius 1 is 1.32 bits per heavy atom. The summed E-state index contributed by atoms with van der Waals surface area (Å²) in [5.74, 6) is 1.25. The Kier molecular flexibility index (Phi) is 8.94. The number of carbonyl (C=O) groups excluding carboxylic acids is 1. The Morgan fingerprint density at radius 2 is 2.04 bits per heavy atom. The maximum absolute atomic E-state index is 10.9. The van der Waals surface area contributed by atoms with E-state index in [9.17, 15) is 9.59 Å². The second kappa shape index (κ2) is 10.7. The first kappa shape index (κ1) is 20.9. The number of rotatable bonds is 6. The van der Waals surface area contributed by atoms with Crippen molar-refractivity contribution in [2.45, 2.75) is 20.3 Å². The first-order valence-corrected chi connectivity index (χ1v) is 9.44. The zero-order valence-corrected chi connectivity index (χ0v) is 16.0. The number of furan rings is 1. The monoisotopic (exact) mass is 379 g/mol. The molecule has 2 rings (SSSR count). The molecule has 1 amide bonds. The van der Waals surface area contributed by atoms with Crippen LogP contribution in [0.15, 0.2) is 34.7 Å². The minimum atomic E-state index is -0.900. The summed E-state index contributed by atoms with van der Waals surface area (Å²) in [6.45, 7) is 3.82. The molecule has 0 fully saturated rings. The topological polar surface area (TPSA) is 79.5 Å². The number of carbonyl (C=O) groups is 2. The molecule has 1 heterocycles. The quantitative estimate of drug-likeness (QED) is 0.740. The van der Waals surface area contributed by atoms with Crippen LogP contribution in [0.4, 0.5) is 0 Å². The smallest absolute Gasteiger partial charge is 0.335 e. The van der Waals surface area contributed by atoms with Crippen molar-refractivity contribution >= 4 is 41.3 Å². The van der Waals surface area contributed by atoms with Gasteiger partial charge in [0.1, 0.15) is 11.5 Å². The normalized spacial score (nSPS) is 9.72. The van der Waals surface area contributed by atoms with Crippen LogP contribution in [0.5, 0.6) is 0 Å². The summed E-state index contributed by atoms with van der Waals surface area (Å²) in [7, 11) is 0. The van der Waals surface area contributed by atoms with E-state index in [0.29, 0.717) is 11.3 Å². The van der Waals surface area contributed by atoms with Crippen LogP contribution >= 0.6 is 24.0 Å². The Morgan fingerprint density at radius 3 is 2.52 bits per heavy atom. The highest BCUT2D eigenvalue weighted by Gasteiger charge is 2.09. The van der Waals surface area contributed by atoms with Crippen molar-refractivity contribution in [2.24, 2.45) is 0 Å². The molecule has 0 aliphatic carbocycles. The molecule has 0 spiro atoms. The molecular formula is C18H21NO4S2. The third-order valence-electron chi connectivity index (χ3n) is 3.25. The summed E-state index contributed by atoms with van der Waals surface area (Å²) in [6, 6.07) is 9.07. The number of aromatic carboxylic acids is 1. The van der Waals surface area contributed by atoms with E-state index in [2.05, 4.69) is 17.5 Å². The lowest BCUT2D eigenvalue weighted by atomic mass is 10.0. The number of nitrogens with one attached hydrogen (secondary N) is 1. The first-order chi connectivity index (χ1) is 11.9. The molecule has 0 aliphatic rings. The molecule has 1 aromatic carbocycles. The number of thioether (sulfide) groups is 1. The highest BCUT2D eigenvalue weighted by Crippen LogP contribution is 2.24. The molecule has 2 N–H and O–H groups in total. The van der Waals surface area contributed by atoms with Crippen molar-refractivity contribution in [1.82, 2.24) is 5.32 Å². The van der Waals surface area contributed by atoms with Gasteiger partial charge in [-0.2, -0.15) is 11.8 Å². The van der Waals surface area contributed by atoms with Gasteiger partial charge in [0, 0.05) is 12.0 Å². The summed E-state index contributed by atoms with van der Waals surface area (Å²) in [5.41, 5.74) is 3.20. The Balaban J connectivity index is 0.000000333. The maximum atomic E-state index is 10.9. The van der Waals surface area contributed by atoms with Crippen LogP contribution in [0.2, 0.25) is 0 Å². The van der Waals surface area contributed by atoms with E-state index in [-0.39, 0.29) is 5.91 Å². The molecule has 0 unspecified atom stereocenters. The van der Waals surface area contributed by atoms with Crippen LogP contribution in [0, 0.1) is 6.92 Å². The number of carboxylic acids is 1. The number of hydrogen-bond acceptors (Lipinski definition) is 5. The highest BCUT2D eigenvalue weighted by atomic mass is 32.2. The zero-order valence-electron chi connectivity index (χ0n) is 14.4. The fraction of sp³-hybridized carbons (Fsp3) is 0.278. The van der Waals surface area contributed by atoms with E-state index in [1.165, 1.54) is 17.3 Å². The lowest BCUT2D eigenvalue weighted by Gasteiger charge is -2.03. The largest absolute Gasteiger partial charge is 0.478 e. The summed E-state index contributed by atoms with van der Waals surface area (Å²) in [6.07, 6.45) is 2.72. The lowest BCUT2D eigenvalue weighted by molar-refractivity contribution is -0.117. The Hall–Kier alpha value is -2.12. The molecule has 0 saturated heterocycles. The van der Waals surface area contributed by atoms with Crippen LogP contribution in [0.1, 0.15) is 28.6 Å². The van der Waals surface area contributed by atoms with Gasteiger partial charge < -0.3 is 14.8 Å². The van der Waals surface area contributed by atoms with Gasteiger partial charge in [0.2, 0.25) is 5.91 Å². The van der Waals surface area contributed by atoms with Gasteiger partial charge in [-0.15, -0.1) is 0 Å². The molecule has 134 valence electrons. The second-order valence-corrected chi connectivity index (χ2v) is 6.17. The standard InChI is InChI=1S/C14H14O3.C4H7NOS2/c1-3-11-5-7-13(17-11)10-4-6-12(14(15)16)9(2)8-10;1-8-2-4(6)5-3-7/h4-8H,3H2,1-2H3,(H,15,16);3H,2H2,1H3,(H,5,6,7). The van der Waals surface area contributed by atoms with Gasteiger partial charge >= 0.3 is 5.97 Å². The third-order valence-corrected chi connectivity index (χ3v) is 3.92. The van der Waals surface area contributed by atoms with Crippen molar-refractivity contribution in [2.75, 3.05) is 12.0 Å². The van der Waals surface area contributed by atoms with Gasteiger partial charge in [-0.3, -0.25) is 4.79 Å².